The number of nitrogens with zero attached hydrogens (tertiary/aromatic N) is 4. The highest BCUT2D eigenvalue weighted by Gasteiger charge is 2.29. The highest BCUT2D eigenvalue weighted by Crippen LogP contribution is 2.27. The van der Waals surface area contributed by atoms with Crippen LogP contribution in [0.4, 0.5) is 11.5 Å². The molecule has 0 bridgehead atoms. The van der Waals surface area contributed by atoms with E-state index in [1.807, 2.05) is 49.1 Å². The van der Waals surface area contributed by atoms with Gasteiger partial charge in [-0.05, 0) is 76.5 Å². The summed E-state index contributed by atoms with van der Waals surface area (Å²) >= 11 is 0. The molecule has 1 amide bonds. The van der Waals surface area contributed by atoms with Crippen molar-refractivity contribution in [2.75, 3.05) is 44.6 Å². The van der Waals surface area contributed by atoms with Gasteiger partial charge in [0.2, 0.25) is 5.91 Å². The van der Waals surface area contributed by atoms with Crippen LogP contribution in [0.2, 0.25) is 0 Å². The normalized spacial score (nSPS) is 20.3. The van der Waals surface area contributed by atoms with Crippen LogP contribution in [0.15, 0.2) is 30.3 Å². The minimum atomic E-state index is -0.208. The number of likely N-dealkylation sites (tertiary alicyclic amines) is 1. The fourth-order valence-electron chi connectivity index (χ4n) is 4.63. The van der Waals surface area contributed by atoms with Gasteiger partial charge in [-0.2, -0.15) is 0 Å². The molecule has 1 unspecified atom stereocenters. The van der Waals surface area contributed by atoms with Crippen LogP contribution in [0.1, 0.15) is 49.4 Å². The number of piperidine rings is 1. The van der Waals surface area contributed by atoms with E-state index in [9.17, 15) is 4.79 Å². The molecule has 1 atom stereocenters. The first-order valence-electron chi connectivity index (χ1n) is 11.8. The second-order valence-corrected chi connectivity index (χ2v) is 8.99. The van der Waals surface area contributed by atoms with Gasteiger partial charge in [0.15, 0.2) is 0 Å². The number of carbonyl (C=O) groups is 1. The maximum absolute atomic E-state index is 13.0. The molecule has 2 aliphatic heterocycles. The van der Waals surface area contributed by atoms with Crippen LogP contribution >= 0.6 is 0 Å². The first kappa shape index (κ1) is 22.7. The molecule has 0 aliphatic carbocycles. The molecule has 32 heavy (non-hydrogen) atoms. The summed E-state index contributed by atoms with van der Waals surface area (Å²) in [5.74, 6) is 1.56. The number of amides is 1. The van der Waals surface area contributed by atoms with Crippen molar-refractivity contribution in [1.82, 2.24) is 19.8 Å². The van der Waals surface area contributed by atoms with Crippen molar-refractivity contribution >= 4 is 17.4 Å². The number of rotatable bonds is 6. The molecule has 2 aliphatic rings. The third kappa shape index (κ3) is 5.84. The van der Waals surface area contributed by atoms with Crippen molar-refractivity contribution in [3.8, 4) is 0 Å². The van der Waals surface area contributed by atoms with Gasteiger partial charge in [-0.1, -0.05) is 13.0 Å². The summed E-state index contributed by atoms with van der Waals surface area (Å²) in [6.07, 6.45) is 2.68. The van der Waals surface area contributed by atoms with E-state index in [0.29, 0.717) is 32.0 Å². The number of morpholine rings is 1. The Labute approximate surface area is 191 Å². The van der Waals surface area contributed by atoms with Gasteiger partial charge in [0.1, 0.15) is 11.9 Å². The summed E-state index contributed by atoms with van der Waals surface area (Å²) < 4.78 is 6.04. The van der Waals surface area contributed by atoms with E-state index in [-0.39, 0.29) is 12.0 Å². The highest BCUT2D eigenvalue weighted by molar-refractivity contribution is 5.76. The lowest BCUT2D eigenvalue weighted by Crippen LogP contribution is -2.44. The number of aryl methyl sites for hydroxylation is 2. The molecule has 7 heteroatoms. The fraction of sp³-hybridized carbons (Fsp3) is 0.560. The molecule has 0 aromatic carbocycles. The van der Waals surface area contributed by atoms with Gasteiger partial charge in [0.25, 0.3) is 0 Å². The second kappa shape index (κ2) is 10.4. The molecule has 2 saturated heterocycles. The Morgan fingerprint density at radius 2 is 1.94 bits per heavy atom. The first-order valence-corrected chi connectivity index (χ1v) is 11.8. The Kier molecular flexibility index (Phi) is 7.37. The van der Waals surface area contributed by atoms with E-state index >= 15 is 0 Å². The largest absolute Gasteiger partial charge is 0.368 e. The van der Waals surface area contributed by atoms with Crippen LogP contribution in [0.25, 0.3) is 0 Å². The van der Waals surface area contributed by atoms with Crippen LogP contribution in [-0.4, -0.2) is 65.0 Å². The number of hydrogen-bond acceptors (Lipinski definition) is 6. The Bertz CT molecular complexity index is 926. The Balaban J connectivity index is 1.39. The zero-order valence-corrected chi connectivity index (χ0v) is 19.5. The maximum atomic E-state index is 13.0. The minimum Gasteiger partial charge on any atom is -0.368 e. The standard InChI is InChI=1S/C25H35N5O2/c1-4-29-10-8-20(9-11-29)15-25(31)30-12-13-32-23(17-30)22-16-21(14-19(3)26-22)28-24-7-5-6-18(2)27-24/h5-7,14,16,20,23H,4,8-13,15,17H2,1-3H3,(H,26,27,28). The number of aromatic nitrogens is 2. The molecule has 4 heterocycles. The van der Waals surface area contributed by atoms with Crippen molar-refractivity contribution in [3.05, 3.63) is 47.4 Å². The molecule has 0 saturated carbocycles. The zero-order valence-electron chi connectivity index (χ0n) is 19.5. The summed E-state index contributed by atoms with van der Waals surface area (Å²) in [5.41, 5.74) is 3.66. The Morgan fingerprint density at radius 3 is 2.69 bits per heavy atom. The predicted molar refractivity (Wildman–Crippen MR) is 126 cm³/mol. The van der Waals surface area contributed by atoms with E-state index in [1.54, 1.807) is 0 Å². The van der Waals surface area contributed by atoms with Crippen molar-refractivity contribution in [2.24, 2.45) is 5.92 Å². The van der Waals surface area contributed by atoms with Crippen molar-refractivity contribution in [1.29, 1.82) is 0 Å². The number of hydrogen-bond donors (Lipinski definition) is 1. The SMILES string of the molecule is CCN1CCC(CC(=O)N2CCOC(c3cc(Nc4cccc(C)n4)cc(C)n3)C2)CC1. The van der Waals surface area contributed by atoms with Gasteiger partial charge in [-0.15, -0.1) is 0 Å². The molecule has 4 rings (SSSR count). The second-order valence-electron chi connectivity index (χ2n) is 8.99. The third-order valence-corrected chi connectivity index (χ3v) is 6.50. The van der Waals surface area contributed by atoms with E-state index in [0.717, 1.165) is 61.1 Å². The van der Waals surface area contributed by atoms with Gasteiger partial charge in [-0.3, -0.25) is 9.78 Å². The molecule has 2 aromatic heterocycles. The van der Waals surface area contributed by atoms with Crippen molar-refractivity contribution in [2.45, 2.75) is 46.1 Å². The molecule has 0 spiro atoms. The molecule has 7 nitrogen and oxygen atoms in total. The summed E-state index contributed by atoms with van der Waals surface area (Å²) in [6.45, 7) is 11.2. The summed E-state index contributed by atoms with van der Waals surface area (Å²) in [6, 6.07) is 9.92. The van der Waals surface area contributed by atoms with Gasteiger partial charge in [0, 0.05) is 30.0 Å². The first-order chi connectivity index (χ1) is 15.5. The molecule has 172 valence electrons. The van der Waals surface area contributed by atoms with Crippen molar-refractivity contribution < 1.29 is 9.53 Å². The van der Waals surface area contributed by atoms with E-state index in [2.05, 4.69) is 22.1 Å². The Hall–Kier alpha value is -2.51. The van der Waals surface area contributed by atoms with Crippen LogP contribution in [0, 0.1) is 19.8 Å². The average Bonchev–Trinajstić information content (AvgIpc) is 2.79. The lowest BCUT2D eigenvalue weighted by Gasteiger charge is -2.35. The van der Waals surface area contributed by atoms with Gasteiger partial charge in [0.05, 0.1) is 18.8 Å². The topological polar surface area (TPSA) is 70.6 Å². The lowest BCUT2D eigenvalue weighted by atomic mass is 9.93. The quantitative estimate of drug-likeness (QED) is 0.740. The van der Waals surface area contributed by atoms with Gasteiger partial charge in [-0.25, -0.2) is 4.98 Å². The highest BCUT2D eigenvalue weighted by atomic mass is 16.5. The average molecular weight is 438 g/mol. The predicted octanol–water partition coefficient (Wildman–Crippen LogP) is 3.86. The number of pyridine rings is 2. The summed E-state index contributed by atoms with van der Waals surface area (Å²) in [5, 5.41) is 3.37. The van der Waals surface area contributed by atoms with Gasteiger partial charge < -0.3 is 19.9 Å². The molecule has 2 aromatic rings. The van der Waals surface area contributed by atoms with E-state index in [4.69, 9.17) is 9.72 Å². The molecule has 0 radical (unpaired) electrons. The van der Waals surface area contributed by atoms with E-state index in [1.165, 1.54) is 0 Å². The molecular formula is C25H35N5O2. The minimum absolute atomic E-state index is 0.208. The van der Waals surface area contributed by atoms with Crippen LogP contribution in [-0.2, 0) is 9.53 Å². The fourth-order valence-corrected chi connectivity index (χ4v) is 4.63. The monoisotopic (exact) mass is 437 g/mol. The number of nitrogens with one attached hydrogen (secondary N) is 1. The maximum Gasteiger partial charge on any atom is 0.223 e. The smallest absolute Gasteiger partial charge is 0.223 e. The van der Waals surface area contributed by atoms with Crippen LogP contribution in [0.5, 0.6) is 0 Å². The summed E-state index contributed by atoms with van der Waals surface area (Å²) in [4.78, 5) is 26.7. The molecule has 1 N–H and O–H groups in total. The molecule has 2 fully saturated rings. The van der Waals surface area contributed by atoms with Gasteiger partial charge >= 0.3 is 0 Å². The number of ether oxygens (including phenoxy) is 1. The number of carbonyl (C=O) groups excluding carboxylic acids is 1. The summed E-state index contributed by atoms with van der Waals surface area (Å²) in [7, 11) is 0. The molecular weight excluding hydrogens is 402 g/mol. The van der Waals surface area contributed by atoms with Crippen LogP contribution in [0.3, 0.4) is 0 Å². The zero-order chi connectivity index (χ0) is 22.5. The van der Waals surface area contributed by atoms with E-state index < -0.39 is 0 Å². The third-order valence-electron chi connectivity index (χ3n) is 6.50. The van der Waals surface area contributed by atoms with Crippen LogP contribution < -0.4 is 5.32 Å². The number of anilines is 2. The van der Waals surface area contributed by atoms with Crippen molar-refractivity contribution in [3.63, 3.8) is 0 Å². The lowest BCUT2D eigenvalue weighted by molar-refractivity contribution is -0.140. The Morgan fingerprint density at radius 1 is 1.12 bits per heavy atom.